The molecule has 3 aromatic rings. The van der Waals surface area contributed by atoms with Crippen LogP contribution in [0.3, 0.4) is 0 Å². The third-order valence-electron chi connectivity index (χ3n) is 3.16. The number of imidazole rings is 1. The Morgan fingerprint density at radius 1 is 1.10 bits per heavy atom. The maximum absolute atomic E-state index is 4.53. The van der Waals surface area contributed by atoms with Gasteiger partial charge in [0.15, 0.2) is 0 Å². The fourth-order valence-electron chi connectivity index (χ4n) is 2.10. The summed E-state index contributed by atoms with van der Waals surface area (Å²) in [4.78, 5) is 12.9. The van der Waals surface area contributed by atoms with E-state index in [1.54, 1.807) is 6.20 Å². The number of rotatable bonds is 6. The van der Waals surface area contributed by atoms with Crippen LogP contribution < -0.4 is 5.32 Å². The molecule has 0 unspecified atom stereocenters. The fraction of sp³-hybridized carbons (Fsp3) is 0.267. The van der Waals surface area contributed by atoms with Crippen molar-refractivity contribution in [3.05, 3.63) is 49.2 Å². The SMILES string of the molecule is c1ccc2nc(NCCCCn3ccnc3)cnc2c1. The first-order valence-electron chi connectivity index (χ1n) is 6.83. The summed E-state index contributed by atoms with van der Waals surface area (Å²) in [5.74, 6) is 0.839. The Kier molecular flexibility index (Phi) is 3.87. The van der Waals surface area contributed by atoms with Gasteiger partial charge in [0.1, 0.15) is 5.82 Å². The van der Waals surface area contributed by atoms with E-state index in [9.17, 15) is 0 Å². The molecule has 5 nitrogen and oxygen atoms in total. The largest absolute Gasteiger partial charge is 0.369 e. The van der Waals surface area contributed by atoms with Gasteiger partial charge in [-0.25, -0.2) is 9.97 Å². The summed E-state index contributed by atoms with van der Waals surface area (Å²) in [5.41, 5.74) is 1.86. The molecule has 3 rings (SSSR count). The van der Waals surface area contributed by atoms with E-state index in [1.165, 1.54) is 0 Å². The van der Waals surface area contributed by atoms with E-state index in [-0.39, 0.29) is 0 Å². The Balaban J connectivity index is 1.47. The van der Waals surface area contributed by atoms with Gasteiger partial charge in [0.2, 0.25) is 0 Å². The van der Waals surface area contributed by atoms with Crippen LogP contribution in [-0.2, 0) is 6.54 Å². The normalized spacial score (nSPS) is 10.8. The number of nitrogens with one attached hydrogen (secondary N) is 1. The Bertz CT molecular complexity index is 663. The molecular weight excluding hydrogens is 250 g/mol. The topological polar surface area (TPSA) is 55.6 Å². The van der Waals surface area contributed by atoms with Gasteiger partial charge >= 0.3 is 0 Å². The van der Waals surface area contributed by atoms with Crippen molar-refractivity contribution in [3.63, 3.8) is 0 Å². The third kappa shape index (κ3) is 3.12. The van der Waals surface area contributed by atoms with Gasteiger partial charge in [0.25, 0.3) is 0 Å². The lowest BCUT2D eigenvalue weighted by Crippen LogP contribution is -2.05. The minimum Gasteiger partial charge on any atom is -0.369 e. The van der Waals surface area contributed by atoms with E-state index in [0.717, 1.165) is 42.8 Å². The van der Waals surface area contributed by atoms with E-state index in [4.69, 9.17) is 0 Å². The molecule has 0 saturated carbocycles. The average Bonchev–Trinajstić information content (AvgIpc) is 3.00. The van der Waals surface area contributed by atoms with Crippen molar-refractivity contribution in [1.82, 2.24) is 19.5 Å². The molecule has 20 heavy (non-hydrogen) atoms. The molecule has 5 heteroatoms. The van der Waals surface area contributed by atoms with Gasteiger partial charge < -0.3 is 9.88 Å². The van der Waals surface area contributed by atoms with Crippen molar-refractivity contribution in [1.29, 1.82) is 0 Å². The molecule has 0 atom stereocenters. The molecule has 2 heterocycles. The molecule has 0 bridgehead atoms. The van der Waals surface area contributed by atoms with E-state index in [1.807, 2.05) is 43.0 Å². The van der Waals surface area contributed by atoms with Crippen molar-refractivity contribution in [3.8, 4) is 0 Å². The van der Waals surface area contributed by atoms with Crippen molar-refractivity contribution in [2.24, 2.45) is 0 Å². The van der Waals surface area contributed by atoms with Crippen LogP contribution in [0, 0.1) is 0 Å². The molecule has 0 amide bonds. The highest BCUT2D eigenvalue weighted by Crippen LogP contribution is 2.11. The molecule has 0 fully saturated rings. The van der Waals surface area contributed by atoms with Crippen molar-refractivity contribution in [2.45, 2.75) is 19.4 Å². The highest BCUT2D eigenvalue weighted by Gasteiger charge is 1.98. The summed E-state index contributed by atoms with van der Waals surface area (Å²) < 4.78 is 2.09. The number of aromatic nitrogens is 4. The summed E-state index contributed by atoms with van der Waals surface area (Å²) >= 11 is 0. The zero-order valence-electron chi connectivity index (χ0n) is 11.2. The highest BCUT2D eigenvalue weighted by atomic mass is 15.0. The number of anilines is 1. The van der Waals surface area contributed by atoms with Gasteiger partial charge in [-0.05, 0) is 25.0 Å². The Morgan fingerprint density at radius 3 is 2.85 bits per heavy atom. The van der Waals surface area contributed by atoms with Gasteiger partial charge in [-0.2, -0.15) is 0 Å². The van der Waals surface area contributed by atoms with Crippen LogP contribution in [0.4, 0.5) is 5.82 Å². The second-order valence-corrected chi connectivity index (χ2v) is 4.68. The molecular formula is C15H17N5. The fourth-order valence-corrected chi connectivity index (χ4v) is 2.10. The average molecular weight is 267 g/mol. The van der Waals surface area contributed by atoms with Crippen molar-refractivity contribution < 1.29 is 0 Å². The first kappa shape index (κ1) is 12.6. The summed E-state index contributed by atoms with van der Waals surface area (Å²) in [6, 6.07) is 7.90. The molecule has 0 aliphatic rings. The highest BCUT2D eigenvalue weighted by molar-refractivity contribution is 5.75. The summed E-state index contributed by atoms with van der Waals surface area (Å²) in [6.45, 7) is 1.91. The van der Waals surface area contributed by atoms with Gasteiger partial charge in [-0.3, -0.25) is 4.98 Å². The zero-order chi connectivity index (χ0) is 13.6. The lowest BCUT2D eigenvalue weighted by Gasteiger charge is -2.06. The predicted molar refractivity (Wildman–Crippen MR) is 79.5 cm³/mol. The summed E-state index contributed by atoms with van der Waals surface area (Å²) in [5, 5.41) is 3.32. The number of unbranched alkanes of at least 4 members (excludes halogenated alkanes) is 1. The van der Waals surface area contributed by atoms with Crippen LogP contribution in [0.1, 0.15) is 12.8 Å². The molecule has 0 spiro atoms. The first-order chi connectivity index (χ1) is 9.92. The van der Waals surface area contributed by atoms with Crippen LogP contribution >= 0.6 is 0 Å². The van der Waals surface area contributed by atoms with E-state index in [0.29, 0.717) is 0 Å². The number of hydrogen-bond donors (Lipinski definition) is 1. The second kappa shape index (κ2) is 6.14. The number of hydrogen-bond acceptors (Lipinski definition) is 4. The Labute approximate surface area is 117 Å². The maximum Gasteiger partial charge on any atom is 0.145 e. The third-order valence-corrected chi connectivity index (χ3v) is 3.16. The van der Waals surface area contributed by atoms with E-state index >= 15 is 0 Å². The molecule has 2 aromatic heterocycles. The predicted octanol–water partition coefficient (Wildman–Crippen LogP) is 2.72. The van der Waals surface area contributed by atoms with Gasteiger partial charge in [0, 0.05) is 25.5 Å². The molecule has 102 valence electrons. The number of aryl methyl sites for hydroxylation is 1. The standard InChI is InChI=1S/C15H17N5/c1-2-6-14-13(5-1)18-11-15(19-14)17-7-3-4-9-20-10-8-16-12-20/h1-2,5-6,8,10-12H,3-4,7,9H2,(H,17,19). The second-order valence-electron chi connectivity index (χ2n) is 4.68. The van der Waals surface area contributed by atoms with E-state index in [2.05, 4.69) is 24.8 Å². The van der Waals surface area contributed by atoms with Crippen molar-refractivity contribution >= 4 is 16.9 Å². The number of para-hydroxylation sites is 2. The van der Waals surface area contributed by atoms with Crippen LogP contribution in [0.5, 0.6) is 0 Å². The molecule has 0 aliphatic heterocycles. The number of fused-ring (bicyclic) bond motifs is 1. The summed E-state index contributed by atoms with van der Waals surface area (Å²) in [6.07, 6.45) is 9.64. The Morgan fingerprint density at radius 2 is 2.00 bits per heavy atom. The number of nitrogens with zero attached hydrogens (tertiary/aromatic N) is 4. The van der Waals surface area contributed by atoms with Crippen LogP contribution in [0.15, 0.2) is 49.2 Å². The first-order valence-corrected chi connectivity index (χ1v) is 6.83. The summed E-state index contributed by atoms with van der Waals surface area (Å²) in [7, 11) is 0. The zero-order valence-corrected chi connectivity index (χ0v) is 11.2. The minimum atomic E-state index is 0.839. The molecule has 0 radical (unpaired) electrons. The van der Waals surface area contributed by atoms with Crippen LogP contribution in [0.25, 0.3) is 11.0 Å². The van der Waals surface area contributed by atoms with Gasteiger partial charge in [0.05, 0.1) is 23.6 Å². The number of benzene rings is 1. The molecule has 0 aliphatic carbocycles. The van der Waals surface area contributed by atoms with Crippen LogP contribution in [0.2, 0.25) is 0 Å². The van der Waals surface area contributed by atoms with Crippen molar-refractivity contribution in [2.75, 3.05) is 11.9 Å². The smallest absolute Gasteiger partial charge is 0.145 e. The molecule has 1 aromatic carbocycles. The quantitative estimate of drug-likeness (QED) is 0.698. The lowest BCUT2D eigenvalue weighted by molar-refractivity contribution is 0.620. The maximum atomic E-state index is 4.53. The molecule has 1 N–H and O–H groups in total. The van der Waals surface area contributed by atoms with Crippen LogP contribution in [-0.4, -0.2) is 26.1 Å². The molecule has 0 saturated heterocycles. The van der Waals surface area contributed by atoms with Gasteiger partial charge in [-0.15, -0.1) is 0 Å². The monoisotopic (exact) mass is 267 g/mol. The van der Waals surface area contributed by atoms with E-state index < -0.39 is 0 Å². The Hall–Kier alpha value is -2.43. The lowest BCUT2D eigenvalue weighted by atomic mass is 10.3. The van der Waals surface area contributed by atoms with Gasteiger partial charge in [-0.1, -0.05) is 12.1 Å². The minimum absolute atomic E-state index is 0.839.